The summed E-state index contributed by atoms with van der Waals surface area (Å²) in [6.45, 7) is 5.96. The first-order valence-corrected chi connectivity index (χ1v) is 10.8. The van der Waals surface area contributed by atoms with Gasteiger partial charge in [0.25, 0.3) is 0 Å². The highest BCUT2D eigenvalue weighted by Gasteiger charge is 2.25. The van der Waals surface area contributed by atoms with E-state index in [9.17, 15) is 8.42 Å². The summed E-state index contributed by atoms with van der Waals surface area (Å²) < 4.78 is 26.8. The minimum absolute atomic E-state index is 0.0849. The van der Waals surface area contributed by atoms with Crippen molar-refractivity contribution in [3.8, 4) is 0 Å². The average molecular weight is 404 g/mol. The predicted octanol–water partition coefficient (Wildman–Crippen LogP) is 5.13. The summed E-state index contributed by atoms with van der Waals surface area (Å²) in [5.41, 5.74) is 5.17. The van der Waals surface area contributed by atoms with Crippen molar-refractivity contribution in [1.29, 1.82) is 0 Å². The normalized spacial score (nSPS) is 11.6. The topological polar surface area (TPSA) is 72.0 Å². The minimum Gasteiger partial charge on any atom is -0.338 e. The van der Waals surface area contributed by atoms with Crippen LogP contribution < -0.4 is 5.32 Å². The molecular formula is C23H21N3O2S. The summed E-state index contributed by atoms with van der Waals surface area (Å²) in [5, 5.41) is 3.08. The quantitative estimate of drug-likeness (QED) is 0.511. The summed E-state index contributed by atoms with van der Waals surface area (Å²) in [5.74, 6) is 0.215. The molecular weight excluding hydrogens is 382 g/mol. The van der Waals surface area contributed by atoms with Crippen LogP contribution in [-0.4, -0.2) is 18.4 Å². The van der Waals surface area contributed by atoms with Gasteiger partial charge in [-0.2, -0.15) is 0 Å². The largest absolute Gasteiger partial charge is 0.338 e. The van der Waals surface area contributed by atoms with Gasteiger partial charge in [-0.3, -0.25) is 0 Å². The number of anilines is 2. The lowest BCUT2D eigenvalue weighted by Crippen LogP contribution is -2.10. The van der Waals surface area contributed by atoms with Crippen LogP contribution in [0.2, 0.25) is 0 Å². The number of fused-ring (bicyclic) bond motifs is 1. The van der Waals surface area contributed by atoms with E-state index in [0.29, 0.717) is 11.0 Å². The third-order valence-electron chi connectivity index (χ3n) is 4.89. The Balaban J connectivity index is 1.90. The molecule has 0 fully saturated rings. The first-order valence-electron chi connectivity index (χ1n) is 9.27. The van der Waals surface area contributed by atoms with Crippen molar-refractivity contribution in [3.63, 3.8) is 0 Å². The standard InChI is InChI=1S/C23H21N3O2S/c1-15-8-12-19(13-9-15)29(27,28)23-22(24-18-11-10-16(2)17(3)14-18)25-20-6-4-5-7-21(20)26-23/h4-14H,1-3H3,(H,24,25). The molecule has 1 heterocycles. The van der Waals surface area contributed by atoms with Crippen molar-refractivity contribution in [2.45, 2.75) is 30.7 Å². The van der Waals surface area contributed by atoms with E-state index in [1.165, 1.54) is 0 Å². The number of aryl methyl sites for hydroxylation is 3. The second-order valence-corrected chi connectivity index (χ2v) is 8.97. The molecule has 5 nitrogen and oxygen atoms in total. The number of rotatable bonds is 4. The van der Waals surface area contributed by atoms with E-state index in [1.54, 1.807) is 30.3 Å². The average Bonchev–Trinajstić information content (AvgIpc) is 2.70. The molecule has 1 N–H and O–H groups in total. The maximum Gasteiger partial charge on any atom is 0.227 e. The van der Waals surface area contributed by atoms with E-state index in [-0.39, 0.29) is 15.7 Å². The van der Waals surface area contributed by atoms with Crippen molar-refractivity contribution in [2.75, 3.05) is 5.32 Å². The highest BCUT2D eigenvalue weighted by atomic mass is 32.2. The number of para-hydroxylation sites is 2. The summed E-state index contributed by atoms with van der Waals surface area (Å²) in [7, 11) is -3.85. The van der Waals surface area contributed by atoms with Gasteiger partial charge in [-0.25, -0.2) is 18.4 Å². The molecule has 3 aromatic carbocycles. The van der Waals surface area contributed by atoms with Crippen LogP contribution in [0.3, 0.4) is 0 Å². The zero-order valence-corrected chi connectivity index (χ0v) is 17.3. The summed E-state index contributed by atoms with van der Waals surface area (Å²) in [4.78, 5) is 9.24. The second kappa shape index (κ2) is 7.29. The molecule has 0 aliphatic carbocycles. The third-order valence-corrected chi connectivity index (χ3v) is 6.58. The summed E-state index contributed by atoms with van der Waals surface area (Å²) in [6, 6.07) is 19.8. The number of sulfone groups is 1. The highest BCUT2D eigenvalue weighted by molar-refractivity contribution is 7.91. The molecule has 0 aliphatic heterocycles. The first kappa shape index (κ1) is 19.1. The molecule has 0 amide bonds. The van der Waals surface area contributed by atoms with E-state index in [0.717, 1.165) is 22.4 Å². The molecule has 1 aromatic heterocycles. The van der Waals surface area contributed by atoms with Crippen molar-refractivity contribution in [1.82, 2.24) is 9.97 Å². The van der Waals surface area contributed by atoms with Crippen LogP contribution in [0.5, 0.6) is 0 Å². The Hall–Kier alpha value is -3.25. The number of aromatic nitrogens is 2. The van der Waals surface area contributed by atoms with Crippen LogP contribution >= 0.6 is 0 Å². The van der Waals surface area contributed by atoms with Crippen LogP contribution in [0, 0.1) is 20.8 Å². The van der Waals surface area contributed by atoms with Gasteiger partial charge in [-0.15, -0.1) is 0 Å². The van der Waals surface area contributed by atoms with Gasteiger partial charge < -0.3 is 5.32 Å². The van der Waals surface area contributed by atoms with Crippen LogP contribution in [0.1, 0.15) is 16.7 Å². The van der Waals surface area contributed by atoms with E-state index in [2.05, 4.69) is 15.3 Å². The van der Waals surface area contributed by atoms with Gasteiger partial charge >= 0.3 is 0 Å². The molecule has 0 radical (unpaired) electrons. The molecule has 29 heavy (non-hydrogen) atoms. The van der Waals surface area contributed by atoms with Crippen LogP contribution in [0.15, 0.2) is 76.7 Å². The number of nitrogens with one attached hydrogen (secondary N) is 1. The maximum absolute atomic E-state index is 13.4. The molecule has 0 aliphatic rings. The molecule has 0 unspecified atom stereocenters. The summed E-state index contributed by atoms with van der Waals surface area (Å²) >= 11 is 0. The zero-order chi connectivity index (χ0) is 20.6. The molecule has 0 bridgehead atoms. The lowest BCUT2D eigenvalue weighted by molar-refractivity contribution is 0.593. The summed E-state index contributed by atoms with van der Waals surface area (Å²) in [6.07, 6.45) is 0. The molecule has 0 spiro atoms. The molecule has 4 aromatic rings. The SMILES string of the molecule is Cc1ccc(S(=O)(=O)c2nc3ccccc3nc2Nc2ccc(C)c(C)c2)cc1. The van der Waals surface area contributed by atoms with Gasteiger partial charge in [0.2, 0.25) is 14.9 Å². The number of benzene rings is 3. The molecule has 4 rings (SSSR count). The van der Waals surface area contributed by atoms with Crippen molar-refractivity contribution in [3.05, 3.63) is 83.4 Å². The van der Waals surface area contributed by atoms with Crippen LogP contribution in [-0.2, 0) is 9.84 Å². The number of hydrogen-bond acceptors (Lipinski definition) is 5. The molecule has 0 saturated carbocycles. The van der Waals surface area contributed by atoms with E-state index < -0.39 is 9.84 Å². The van der Waals surface area contributed by atoms with E-state index in [4.69, 9.17) is 0 Å². The third kappa shape index (κ3) is 3.71. The maximum atomic E-state index is 13.4. The molecule has 0 saturated heterocycles. The van der Waals surface area contributed by atoms with Gasteiger partial charge in [0.15, 0.2) is 5.82 Å². The smallest absolute Gasteiger partial charge is 0.227 e. The van der Waals surface area contributed by atoms with Gasteiger partial charge in [-0.1, -0.05) is 35.9 Å². The fourth-order valence-electron chi connectivity index (χ4n) is 3.04. The Labute approximate surface area is 170 Å². The highest BCUT2D eigenvalue weighted by Crippen LogP contribution is 2.29. The lowest BCUT2D eigenvalue weighted by atomic mass is 10.1. The molecule has 6 heteroatoms. The fourth-order valence-corrected chi connectivity index (χ4v) is 4.32. The molecule has 0 atom stereocenters. The predicted molar refractivity (Wildman–Crippen MR) is 115 cm³/mol. The Kier molecular flexibility index (Phi) is 4.80. The van der Waals surface area contributed by atoms with E-state index >= 15 is 0 Å². The monoisotopic (exact) mass is 403 g/mol. The first-order chi connectivity index (χ1) is 13.8. The van der Waals surface area contributed by atoms with Gasteiger partial charge in [-0.05, 0) is 68.3 Å². The molecule has 146 valence electrons. The van der Waals surface area contributed by atoms with Crippen LogP contribution in [0.4, 0.5) is 11.5 Å². The van der Waals surface area contributed by atoms with Gasteiger partial charge in [0.1, 0.15) is 0 Å². The zero-order valence-electron chi connectivity index (χ0n) is 16.5. The minimum atomic E-state index is -3.85. The second-order valence-electron chi connectivity index (χ2n) is 7.11. The van der Waals surface area contributed by atoms with E-state index in [1.807, 2.05) is 57.2 Å². The number of nitrogens with zero attached hydrogens (tertiary/aromatic N) is 2. The van der Waals surface area contributed by atoms with Crippen LogP contribution in [0.25, 0.3) is 11.0 Å². The Morgan fingerprint density at radius 2 is 1.41 bits per heavy atom. The van der Waals surface area contributed by atoms with Gasteiger partial charge in [0.05, 0.1) is 15.9 Å². The fraction of sp³-hybridized carbons (Fsp3) is 0.130. The van der Waals surface area contributed by atoms with Crippen molar-refractivity contribution >= 4 is 32.4 Å². The Bertz CT molecular complexity index is 1310. The number of hydrogen-bond donors (Lipinski definition) is 1. The van der Waals surface area contributed by atoms with Crippen molar-refractivity contribution < 1.29 is 8.42 Å². The Morgan fingerprint density at radius 3 is 2.07 bits per heavy atom. The lowest BCUT2D eigenvalue weighted by Gasteiger charge is -2.13. The van der Waals surface area contributed by atoms with Gasteiger partial charge in [0, 0.05) is 5.69 Å². The Morgan fingerprint density at radius 1 is 0.759 bits per heavy atom. The van der Waals surface area contributed by atoms with Crippen molar-refractivity contribution in [2.24, 2.45) is 0 Å².